The number of hydrogen-bond donors (Lipinski definition) is 2. The fraction of sp³-hybridized carbons (Fsp3) is 0.300. The molecule has 0 spiro atoms. The second-order valence-corrected chi connectivity index (χ2v) is 6.96. The number of aliphatic hydroxyl groups is 1. The number of benzene rings is 2. The van der Waals surface area contributed by atoms with Crippen LogP contribution >= 0.6 is 11.8 Å². The van der Waals surface area contributed by atoms with Crippen LogP contribution in [0, 0.1) is 0 Å². The number of rotatable bonds is 4. The van der Waals surface area contributed by atoms with Crippen molar-refractivity contribution in [1.82, 2.24) is 4.90 Å². The summed E-state index contributed by atoms with van der Waals surface area (Å²) in [7, 11) is 1.45. The molecule has 1 heterocycles. The number of hydrogen-bond acceptors (Lipinski definition) is 6. The second-order valence-electron chi connectivity index (χ2n) is 5.73. The van der Waals surface area contributed by atoms with Gasteiger partial charge in [-0.3, -0.25) is 9.59 Å². The molecule has 6 nitrogen and oxygen atoms in total. The highest BCUT2D eigenvalue weighted by molar-refractivity contribution is 7.99. The molecule has 0 unspecified atom stereocenters. The van der Waals surface area contributed by atoms with Crippen LogP contribution in [0.15, 0.2) is 42.5 Å². The largest absolute Gasteiger partial charge is 0.507 e. The maximum absolute atomic E-state index is 12.2. The van der Waals surface area contributed by atoms with E-state index in [2.05, 4.69) is 0 Å². The summed E-state index contributed by atoms with van der Waals surface area (Å²) in [5.74, 6) is 2.39. The highest BCUT2D eigenvalue weighted by Crippen LogP contribution is 2.24. The van der Waals surface area contributed by atoms with Crippen molar-refractivity contribution in [2.45, 2.75) is 6.61 Å². The number of phenolic OH excluding ortho intramolecular Hbond substituents is 1. The molecule has 0 saturated carbocycles. The van der Waals surface area contributed by atoms with E-state index in [1.165, 1.54) is 13.2 Å². The number of aliphatic hydroxyl groups excluding tert-OH is 1. The first kappa shape index (κ1) is 20.8. The van der Waals surface area contributed by atoms with Gasteiger partial charge in [0.25, 0.3) is 5.91 Å². The number of nitrogens with zero attached hydrogens (tertiary/aromatic N) is 1. The van der Waals surface area contributed by atoms with E-state index in [1.54, 1.807) is 24.3 Å². The van der Waals surface area contributed by atoms with Gasteiger partial charge in [0.15, 0.2) is 6.29 Å². The molecule has 27 heavy (non-hydrogen) atoms. The van der Waals surface area contributed by atoms with Gasteiger partial charge in [0.1, 0.15) is 11.5 Å². The summed E-state index contributed by atoms with van der Waals surface area (Å²) in [5, 5.41) is 18.3. The summed E-state index contributed by atoms with van der Waals surface area (Å²) >= 11 is 1.88. The lowest BCUT2D eigenvalue weighted by Crippen LogP contribution is -2.38. The van der Waals surface area contributed by atoms with E-state index in [-0.39, 0.29) is 23.8 Å². The number of thioether (sulfide) groups is 1. The third-order valence-electron chi connectivity index (χ3n) is 4.10. The van der Waals surface area contributed by atoms with Crippen LogP contribution in [0.2, 0.25) is 0 Å². The first-order chi connectivity index (χ1) is 13.1. The van der Waals surface area contributed by atoms with E-state index >= 15 is 0 Å². The van der Waals surface area contributed by atoms with E-state index in [9.17, 15) is 14.7 Å². The number of aromatic hydroxyl groups is 1. The molecule has 2 aromatic rings. The fourth-order valence-corrected chi connectivity index (χ4v) is 3.54. The molecule has 1 fully saturated rings. The number of carbonyl (C=O) groups is 2. The SMILES string of the molecule is COc1cccc(O)c1C=O.O=C(c1ccccc1CO)N1CCSCC1. The molecule has 1 amide bonds. The van der Waals surface area contributed by atoms with Crippen molar-refractivity contribution in [1.29, 1.82) is 0 Å². The van der Waals surface area contributed by atoms with Crippen molar-refractivity contribution >= 4 is 24.0 Å². The zero-order chi connectivity index (χ0) is 19.6. The summed E-state index contributed by atoms with van der Waals surface area (Å²) in [6.07, 6.45) is 0.564. The van der Waals surface area contributed by atoms with E-state index < -0.39 is 0 Å². The smallest absolute Gasteiger partial charge is 0.254 e. The summed E-state index contributed by atoms with van der Waals surface area (Å²) in [6.45, 7) is 1.54. The van der Waals surface area contributed by atoms with E-state index in [4.69, 9.17) is 9.84 Å². The summed E-state index contributed by atoms with van der Waals surface area (Å²) in [5.41, 5.74) is 1.54. The van der Waals surface area contributed by atoms with Crippen molar-refractivity contribution in [3.63, 3.8) is 0 Å². The molecule has 0 bridgehead atoms. The Balaban J connectivity index is 0.000000208. The zero-order valence-corrected chi connectivity index (χ0v) is 15.9. The molecule has 1 saturated heterocycles. The third-order valence-corrected chi connectivity index (χ3v) is 5.04. The molecular weight excluding hydrogens is 366 g/mol. The lowest BCUT2D eigenvalue weighted by atomic mass is 10.1. The highest BCUT2D eigenvalue weighted by Gasteiger charge is 2.20. The van der Waals surface area contributed by atoms with Crippen LogP contribution in [0.3, 0.4) is 0 Å². The van der Waals surface area contributed by atoms with Crippen LogP contribution in [0.1, 0.15) is 26.3 Å². The molecule has 0 radical (unpaired) electrons. The average Bonchev–Trinajstić information content (AvgIpc) is 2.74. The van der Waals surface area contributed by atoms with Crippen LogP contribution in [-0.2, 0) is 6.61 Å². The van der Waals surface area contributed by atoms with Crippen LogP contribution in [0.25, 0.3) is 0 Å². The molecule has 0 atom stereocenters. The van der Waals surface area contributed by atoms with Gasteiger partial charge in [-0.15, -0.1) is 0 Å². The quantitative estimate of drug-likeness (QED) is 0.782. The predicted octanol–water partition coefficient (Wildman–Crippen LogP) is 2.58. The number of carbonyl (C=O) groups excluding carboxylic acids is 2. The Bertz CT molecular complexity index is 775. The Morgan fingerprint density at radius 2 is 1.89 bits per heavy atom. The number of phenols is 1. The van der Waals surface area contributed by atoms with Crippen LogP contribution in [0.4, 0.5) is 0 Å². The van der Waals surface area contributed by atoms with Crippen molar-refractivity contribution < 1.29 is 24.5 Å². The number of methoxy groups -OCH3 is 1. The van der Waals surface area contributed by atoms with Crippen molar-refractivity contribution in [2.24, 2.45) is 0 Å². The molecule has 0 aliphatic carbocycles. The molecule has 0 aromatic heterocycles. The second kappa shape index (κ2) is 10.6. The molecule has 7 heteroatoms. The first-order valence-electron chi connectivity index (χ1n) is 8.49. The normalized spacial score (nSPS) is 13.3. The minimum absolute atomic E-state index is 0.0463. The van der Waals surface area contributed by atoms with Crippen LogP contribution in [0.5, 0.6) is 11.5 Å². The highest BCUT2D eigenvalue weighted by atomic mass is 32.2. The van der Waals surface area contributed by atoms with Crippen LogP contribution in [-0.4, -0.2) is 59.0 Å². The van der Waals surface area contributed by atoms with Gasteiger partial charge < -0.3 is 19.8 Å². The Kier molecular flexibility index (Phi) is 8.16. The fourth-order valence-electron chi connectivity index (χ4n) is 2.63. The zero-order valence-electron chi connectivity index (χ0n) is 15.1. The standard InChI is InChI=1S/C12H15NO2S.C8H8O3/c14-9-10-3-1-2-4-11(10)12(15)13-5-7-16-8-6-13;1-11-8-4-2-3-7(10)6(8)5-9/h1-4,14H,5-9H2;2-5,10H,1H3. The van der Waals surface area contributed by atoms with E-state index in [1.807, 2.05) is 28.8 Å². The number of aldehydes is 1. The van der Waals surface area contributed by atoms with E-state index in [0.717, 1.165) is 24.6 Å². The van der Waals surface area contributed by atoms with Gasteiger partial charge in [0.05, 0.1) is 19.3 Å². The first-order valence-corrected chi connectivity index (χ1v) is 9.64. The molecule has 1 aliphatic rings. The topological polar surface area (TPSA) is 87.1 Å². The average molecular weight is 389 g/mol. The summed E-state index contributed by atoms with van der Waals surface area (Å²) in [4.78, 5) is 24.4. The van der Waals surface area contributed by atoms with Gasteiger partial charge in [0.2, 0.25) is 0 Å². The van der Waals surface area contributed by atoms with Gasteiger partial charge >= 0.3 is 0 Å². The lowest BCUT2D eigenvalue weighted by Gasteiger charge is -2.27. The van der Waals surface area contributed by atoms with E-state index in [0.29, 0.717) is 23.2 Å². The maximum atomic E-state index is 12.2. The minimum atomic E-state index is -0.0789. The molecule has 3 rings (SSSR count). The molecule has 144 valence electrons. The Hall–Kier alpha value is -2.51. The third kappa shape index (κ3) is 5.48. The predicted molar refractivity (Wildman–Crippen MR) is 106 cm³/mol. The van der Waals surface area contributed by atoms with Gasteiger partial charge in [-0.1, -0.05) is 24.3 Å². The van der Waals surface area contributed by atoms with Crippen molar-refractivity contribution in [3.8, 4) is 11.5 Å². The Morgan fingerprint density at radius 3 is 2.48 bits per heavy atom. The monoisotopic (exact) mass is 389 g/mol. The van der Waals surface area contributed by atoms with Gasteiger partial charge in [0, 0.05) is 30.2 Å². The number of ether oxygens (including phenoxy) is 1. The summed E-state index contributed by atoms with van der Waals surface area (Å²) in [6, 6.07) is 11.9. The molecule has 2 aromatic carbocycles. The Labute approximate surface area is 162 Å². The maximum Gasteiger partial charge on any atom is 0.254 e. The summed E-state index contributed by atoms with van der Waals surface area (Å²) < 4.78 is 4.83. The van der Waals surface area contributed by atoms with Crippen molar-refractivity contribution in [3.05, 3.63) is 59.2 Å². The van der Waals surface area contributed by atoms with Crippen LogP contribution < -0.4 is 4.74 Å². The molecular formula is C20H23NO5S. The lowest BCUT2D eigenvalue weighted by molar-refractivity contribution is 0.0769. The van der Waals surface area contributed by atoms with Crippen molar-refractivity contribution in [2.75, 3.05) is 31.7 Å². The molecule has 1 aliphatic heterocycles. The van der Waals surface area contributed by atoms with Gasteiger partial charge in [-0.05, 0) is 23.8 Å². The van der Waals surface area contributed by atoms with Gasteiger partial charge in [-0.2, -0.15) is 11.8 Å². The molecule has 2 N–H and O–H groups in total. The minimum Gasteiger partial charge on any atom is -0.507 e. The Morgan fingerprint density at radius 1 is 1.19 bits per heavy atom. The van der Waals surface area contributed by atoms with Gasteiger partial charge in [-0.25, -0.2) is 0 Å². The number of amides is 1.